The van der Waals surface area contributed by atoms with Crippen LogP contribution in [0.2, 0.25) is 0 Å². The van der Waals surface area contributed by atoms with Crippen molar-refractivity contribution < 1.29 is 14.3 Å². The Bertz CT molecular complexity index is 1220. The maximum atomic E-state index is 12.5. The molecule has 0 unspecified atom stereocenters. The largest absolute Gasteiger partial charge is 0.491 e. The van der Waals surface area contributed by atoms with E-state index in [1.807, 2.05) is 41.1 Å². The van der Waals surface area contributed by atoms with E-state index in [9.17, 15) is 9.59 Å². The normalized spacial score (nSPS) is 10.7. The highest BCUT2D eigenvalue weighted by Crippen LogP contribution is 2.22. The van der Waals surface area contributed by atoms with Crippen molar-refractivity contribution in [2.75, 3.05) is 18.5 Å². The van der Waals surface area contributed by atoms with E-state index in [1.165, 1.54) is 0 Å². The molecule has 0 atom stereocenters. The molecule has 0 aliphatic rings. The molecule has 168 valence electrons. The van der Waals surface area contributed by atoms with Gasteiger partial charge in [0.1, 0.15) is 11.3 Å². The van der Waals surface area contributed by atoms with Crippen molar-refractivity contribution in [1.82, 2.24) is 19.9 Å². The third-order valence-corrected chi connectivity index (χ3v) is 5.02. The molecule has 0 aliphatic carbocycles. The molecule has 0 spiro atoms. The zero-order valence-corrected chi connectivity index (χ0v) is 18.1. The van der Waals surface area contributed by atoms with Gasteiger partial charge in [0.2, 0.25) is 5.91 Å². The zero-order valence-electron chi connectivity index (χ0n) is 18.1. The maximum absolute atomic E-state index is 12.5. The van der Waals surface area contributed by atoms with Gasteiger partial charge in [0.25, 0.3) is 5.91 Å². The quantitative estimate of drug-likeness (QED) is 0.365. The van der Waals surface area contributed by atoms with Crippen LogP contribution < -0.4 is 15.4 Å². The number of carbonyl (C=O) groups excluding carboxylic acids is 2. The first-order valence-electron chi connectivity index (χ1n) is 10.8. The monoisotopic (exact) mass is 443 g/mol. The summed E-state index contributed by atoms with van der Waals surface area (Å²) in [5.41, 5.74) is 1.90. The number of nitrogens with one attached hydrogen (secondary N) is 2. The molecule has 2 heterocycles. The first kappa shape index (κ1) is 22.0. The fourth-order valence-electron chi connectivity index (χ4n) is 3.36. The van der Waals surface area contributed by atoms with Crippen molar-refractivity contribution in [3.05, 3.63) is 85.1 Å². The van der Waals surface area contributed by atoms with E-state index in [0.29, 0.717) is 43.8 Å². The highest BCUT2D eigenvalue weighted by molar-refractivity contribution is 5.97. The van der Waals surface area contributed by atoms with Crippen LogP contribution in [0.5, 0.6) is 5.75 Å². The van der Waals surface area contributed by atoms with Crippen molar-refractivity contribution in [3.8, 4) is 5.75 Å². The lowest BCUT2D eigenvalue weighted by Gasteiger charge is -2.10. The number of para-hydroxylation sites is 1. The molecule has 2 amide bonds. The average molecular weight is 444 g/mol. The predicted molar refractivity (Wildman–Crippen MR) is 126 cm³/mol. The molecular weight excluding hydrogens is 418 g/mol. The van der Waals surface area contributed by atoms with Crippen LogP contribution in [0.4, 0.5) is 5.69 Å². The summed E-state index contributed by atoms with van der Waals surface area (Å²) < 4.78 is 7.69. The second-order valence-corrected chi connectivity index (χ2v) is 7.47. The predicted octanol–water partition coefficient (Wildman–Crippen LogP) is 3.66. The van der Waals surface area contributed by atoms with Crippen molar-refractivity contribution in [2.24, 2.45) is 0 Å². The number of pyridine rings is 1. The summed E-state index contributed by atoms with van der Waals surface area (Å²) in [6.07, 6.45) is 7.86. The number of hydrogen-bond donors (Lipinski definition) is 2. The molecule has 4 rings (SSSR count). The molecule has 0 saturated heterocycles. The number of ether oxygens (including phenoxy) is 1. The van der Waals surface area contributed by atoms with E-state index >= 15 is 0 Å². The molecular formula is C25H25N5O3. The molecule has 4 aromatic rings. The Hall–Kier alpha value is -4.20. The summed E-state index contributed by atoms with van der Waals surface area (Å²) >= 11 is 0. The minimum atomic E-state index is -0.198. The van der Waals surface area contributed by atoms with Crippen LogP contribution >= 0.6 is 0 Å². The highest BCUT2D eigenvalue weighted by atomic mass is 16.5. The van der Waals surface area contributed by atoms with E-state index in [1.54, 1.807) is 43.0 Å². The van der Waals surface area contributed by atoms with Gasteiger partial charge in [-0.3, -0.25) is 14.6 Å². The molecule has 0 aliphatic heterocycles. The first-order valence-corrected chi connectivity index (χ1v) is 10.8. The minimum Gasteiger partial charge on any atom is -0.491 e. The lowest BCUT2D eigenvalue weighted by Crippen LogP contribution is -2.25. The number of benzene rings is 2. The third-order valence-electron chi connectivity index (χ3n) is 5.02. The molecule has 2 aromatic heterocycles. The van der Waals surface area contributed by atoms with Gasteiger partial charge in [0, 0.05) is 54.7 Å². The van der Waals surface area contributed by atoms with Crippen molar-refractivity contribution >= 4 is 28.4 Å². The smallest absolute Gasteiger partial charge is 0.251 e. The lowest BCUT2D eigenvalue weighted by atomic mass is 10.2. The van der Waals surface area contributed by atoms with Crippen molar-refractivity contribution in [1.29, 1.82) is 0 Å². The standard InChI is InChI=1S/C25H25N5O3/c31-23(10-14-30-15-13-26-18-30)29-21-8-1-6-20(17-21)25(32)28-12-4-16-33-22-9-2-5-19-7-3-11-27-24(19)22/h1-3,5-9,11,13,15,17-18H,4,10,12,14,16H2,(H,28,32)(H,29,31). The maximum Gasteiger partial charge on any atom is 0.251 e. The number of amides is 2. The third kappa shape index (κ3) is 6.16. The molecule has 33 heavy (non-hydrogen) atoms. The topological polar surface area (TPSA) is 98.1 Å². The van der Waals surface area contributed by atoms with Crippen molar-refractivity contribution in [3.63, 3.8) is 0 Å². The number of hydrogen-bond acceptors (Lipinski definition) is 5. The van der Waals surface area contributed by atoms with Crippen LogP contribution in [0.1, 0.15) is 23.2 Å². The summed E-state index contributed by atoms with van der Waals surface area (Å²) in [6, 6.07) is 16.6. The average Bonchev–Trinajstić information content (AvgIpc) is 3.36. The van der Waals surface area contributed by atoms with Gasteiger partial charge in [0.05, 0.1) is 12.9 Å². The number of carbonyl (C=O) groups is 2. The van der Waals surface area contributed by atoms with Crippen LogP contribution in [0, 0.1) is 0 Å². The van der Waals surface area contributed by atoms with Gasteiger partial charge in [-0.25, -0.2) is 4.98 Å². The van der Waals surface area contributed by atoms with Gasteiger partial charge in [-0.05, 0) is 36.8 Å². The van der Waals surface area contributed by atoms with Crippen LogP contribution in [-0.2, 0) is 11.3 Å². The number of imidazole rings is 1. The van der Waals surface area contributed by atoms with Gasteiger partial charge in [-0.2, -0.15) is 0 Å². The Morgan fingerprint density at radius 3 is 2.79 bits per heavy atom. The number of rotatable bonds is 10. The molecule has 0 saturated carbocycles. The molecule has 2 N–H and O–H groups in total. The summed E-state index contributed by atoms with van der Waals surface area (Å²) in [5.74, 6) is 0.411. The van der Waals surface area contributed by atoms with Crippen LogP contribution in [0.25, 0.3) is 10.9 Å². The Balaban J connectivity index is 1.21. The molecule has 2 aromatic carbocycles. The zero-order chi connectivity index (χ0) is 22.9. The van der Waals surface area contributed by atoms with Gasteiger partial charge < -0.3 is 19.9 Å². The van der Waals surface area contributed by atoms with Crippen LogP contribution in [0.3, 0.4) is 0 Å². The van der Waals surface area contributed by atoms with E-state index in [2.05, 4.69) is 20.6 Å². The van der Waals surface area contributed by atoms with Crippen LogP contribution in [-0.4, -0.2) is 39.5 Å². The molecule has 0 fully saturated rings. The molecule has 8 nitrogen and oxygen atoms in total. The summed E-state index contributed by atoms with van der Waals surface area (Å²) in [6.45, 7) is 1.48. The fraction of sp³-hybridized carbons (Fsp3) is 0.200. The Kier molecular flexibility index (Phi) is 7.27. The number of fused-ring (bicyclic) bond motifs is 1. The summed E-state index contributed by atoms with van der Waals surface area (Å²) in [5, 5.41) is 6.74. The van der Waals surface area contributed by atoms with Gasteiger partial charge >= 0.3 is 0 Å². The second kappa shape index (κ2) is 10.9. The Labute approximate surface area is 191 Å². The molecule has 0 bridgehead atoms. The Morgan fingerprint density at radius 2 is 1.91 bits per heavy atom. The summed E-state index contributed by atoms with van der Waals surface area (Å²) in [4.78, 5) is 33.0. The van der Waals surface area contributed by atoms with Gasteiger partial charge in [0.15, 0.2) is 0 Å². The number of aryl methyl sites for hydroxylation is 1. The SMILES string of the molecule is O=C(CCn1ccnc1)Nc1cccc(C(=O)NCCCOc2cccc3cccnc23)c1. The van der Waals surface area contributed by atoms with Gasteiger partial charge in [-0.15, -0.1) is 0 Å². The van der Waals surface area contributed by atoms with E-state index in [-0.39, 0.29) is 11.8 Å². The van der Waals surface area contributed by atoms with E-state index in [4.69, 9.17) is 4.74 Å². The van der Waals surface area contributed by atoms with Crippen molar-refractivity contribution in [2.45, 2.75) is 19.4 Å². The molecule has 0 radical (unpaired) electrons. The Morgan fingerprint density at radius 1 is 1.03 bits per heavy atom. The number of anilines is 1. The lowest BCUT2D eigenvalue weighted by molar-refractivity contribution is -0.116. The highest BCUT2D eigenvalue weighted by Gasteiger charge is 2.08. The first-order chi connectivity index (χ1) is 16.2. The summed E-state index contributed by atoms with van der Waals surface area (Å²) in [7, 11) is 0. The minimum absolute atomic E-state index is 0.124. The van der Waals surface area contributed by atoms with Gasteiger partial charge in [-0.1, -0.05) is 24.3 Å². The second-order valence-electron chi connectivity index (χ2n) is 7.47. The number of aromatic nitrogens is 3. The van der Waals surface area contributed by atoms with Crippen LogP contribution in [0.15, 0.2) is 79.5 Å². The van der Waals surface area contributed by atoms with E-state index < -0.39 is 0 Å². The van der Waals surface area contributed by atoms with E-state index in [0.717, 1.165) is 16.7 Å². The molecule has 8 heteroatoms. The number of nitrogens with zero attached hydrogens (tertiary/aromatic N) is 3. The fourth-order valence-corrected chi connectivity index (χ4v) is 3.36.